The van der Waals surface area contributed by atoms with Crippen LogP contribution in [0.2, 0.25) is 5.02 Å². The molecule has 0 fully saturated rings. The molecule has 1 N–H and O–H groups in total. The third kappa shape index (κ3) is 5.11. The molecule has 0 aliphatic carbocycles. The van der Waals surface area contributed by atoms with Gasteiger partial charge in [0.2, 0.25) is 5.91 Å². The van der Waals surface area contributed by atoms with E-state index in [9.17, 15) is 9.59 Å². The van der Waals surface area contributed by atoms with Gasteiger partial charge in [-0.1, -0.05) is 11.6 Å². The highest BCUT2D eigenvalue weighted by atomic mass is 35.5. The smallest absolute Gasteiger partial charge is 0.341 e. The number of furan rings is 1. The topological polar surface area (TPSA) is 71.8 Å². The first-order valence-electron chi connectivity index (χ1n) is 7.47. The van der Waals surface area contributed by atoms with E-state index in [1.165, 1.54) is 6.26 Å². The van der Waals surface area contributed by atoms with E-state index in [1.54, 1.807) is 49.2 Å². The zero-order valence-corrected chi connectivity index (χ0v) is 14.3. The zero-order chi connectivity index (χ0) is 17.5. The number of benzene rings is 1. The highest BCUT2D eigenvalue weighted by Crippen LogP contribution is 2.15. The highest BCUT2D eigenvalue weighted by Gasteiger charge is 2.18. The Hall–Kier alpha value is -2.31. The molecule has 1 amide bonds. The first-order chi connectivity index (χ1) is 11.5. The normalized spacial score (nSPS) is 10.7. The number of nitrogens with one attached hydrogen (secondary N) is 1. The van der Waals surface area contributed by atoms with Crippen LogP contribution in [-0.2, 0) is 16.1 Å². The maximum absolute atomic E-state index is 12.0. The van der Waals surface area contributed by atoms with Crippen LogP contribution in [0.1, 0.15) is 23.0 Å². The van der Waals surface area contributed by atoms with Crippen molar-refractivity contribution in [1.82, 2.24) is 4.90 Å². The quantitative estimate of drug-likeness (QED) is 0.776. The lowest BCUT2D eigenvalue weighted by atomic mass is 10.2. The predicted molar refractivity (Wildman–Crippen MR) is 91.1 cm³/mol. The van der Waals surface area contributed by atoms with E-state index in [2.05, 4.69) is 5.32 Å². The van der Waals surface area contributed by atoms with Crippen molar-refractivity contribution in [1.29, 1.82) is 0 Å². The first kappa shape index (κ1) is 18.0. The number of anilines is 1. The number of carbonyl (C=O) groups excluding carboxylic acids is 2. The van der Waals surface area contributed by atoms with E-state index in [1.807, 2.05) is 0 Å². The van der Waals surface area contributed by atoms with E-state index >= 15 is 0 Å². The van der Waals surface area contributed by atoms with Gasteiger partial charge >= 0.3 is 5.97 Å². The molecule has 0 saturated heterocycles. The fraction of sp³-hybridized carbons (Fsp3) is 0.294. The largest absolute Gasteiger partial charge is 0.467 e. The van der Waals surface area contributed by atoms with Crippen LogP contribution in [0, 0.1) is 0 Å². The van der Waals surface area contributed by atoms with Crippen LogP contribution < -0.4 is 5.32 Å². The number of nitrogens with zero attached hydrogens (tertiary/aromatic N) is 1. The van der Waals surface area contributed by atoms with E-state index in [0.29, 0.717) is 35.2 Å². The standard InChI is InChI=1S/C17H19ClN2O4/c1-3-23-17(22)14-8-9-24-15(14)10-20(2)11-16(21)19-13-6-4-12(18)5-7-13/h4-9H,3,10-11H2,1-2H3,(H,19,21). The van der Waals surface area contributed by atoms with Gasteiger partial charge in [0.1, 0.15) is 11.3 Å². The van der Waals surface area contributed by atoms with Gasteiger partial charge < -0.3 is 14.5 Å². The molecule has 1 aromatic heterocycles. The summed E-state index contributed by atoms with van der Waals surface area (Å²) in [6.07, 6.45) is 1.43. The number of ether oxygens (including phenoxy) is 1. The van der Waals surface area contributed by atoms with Gasteiger partial charge in [0.25, 0.3) is 0 Å². The van der Waals surface area contributed by atoms with E-state index in [4.69, 9.17) is 20.8 Å². The van der Waals surface area contributed by atoms with Crippen molar-refractivity contribution in [3.8, 4) is 0 Å². The number of amides is 1. The number of carbonyl (C=O) groups is 2. The van der Waals surface area contributed by atoms with Crippen molar-refractivity contribution in [2.45, 2.75) is 13.5 Å². The van der Waals surface area contributed by atoms with Gasteiger partial charge in [0, 0.05) is 10.7 Å². The van der Waals surface area contributed by atoms with Crippen LogP contribution in [0.25, 0.3) is 0 Å². The average Bonchev–Trinajstić information content (AvgIpc) is 2.97. The van der Waals surface area contributed by atoms with Gasteiger partial charge in [-0.25, -0.2) is 4.79 Å². The van der Waals surface area contributed by atoms with Crippen LogP contribution >= 0.6 is 11.6 Å². The minimum absolute atomic E-state index is 0.144. The molecular weight excluding hydrogens is 332 g/mol. The van der Waals surface area contributed by atoms with Crippen molar-refractivity contribution in [3.05, 3.63) is 52.9 Å². The summed E-state index contributed by atoms with van der Waals surface area (Å²) < 4.78 is 10.3. The Bertz CT molecular complexity index is 697. The second-order valence-corrected chi connectivity index (χ2v) is 5.64. The summed E-state index contributed by atoms with van der Waals surface area (Å²) in [5.74, 6) is -0.139. The Morgan fingerprint density at radius 3 is 2.62 bits per heavy atom. The number of hydrogen-bond donors (Lipinski definition) is 1. The maximum atomic E-state index is 12.0. The molecule has 0 spiro atoms. The highest BCUT2D eigenvalue weighted by molar-refractivity contribution is 6.30. The Kier molecular flexibility index (Phi) is 6.40. The lowest BCUT2D eigenvalue weighted by molar-refractivity contribution is -0.117. The Morgan fingerprint density at radius 1 is 1.25 bits per heavy atom. The summed E-state index contributed by atoms with van der Waals surface area (Å²) in [7, 11) is 1.76. The molecule has 2 rings (SSSR count). The molecule has 0 radical (unpaired) electrons. The minimum Gasteiger partial charge on any atom is -0.467 e. The molecule has 0 atom stereocenters. The fourth-order valence-electron chi connectivity index (χ4n) is 2.13. The Labute approximate surface area is 145 Å². The predicted octanol–water partition coefficient (Wildman–Crippen LogP) is 3.18. The van der Waals surface area contributed by atoms with Crippen molar-refractivity contribution in [3.63, 3.8) is 0 Å². The maximum Gasteiger partial charge on any atom is 0.341 e. The molecule has 0 saturated carbocycles. The minimum atomic E-state index is -0.430. The third-order valence-electron chi connectivity index (χ3n) is 3.20. The van der Waals surface area contributed by atoms with Gasteiger partial charge in [0.15, 0.2) is 0 Å². The van der Waals surface area contributed by atoms with Crippen LogP contribution in [0.5, 0.6) is 0 Å². The van der Waals surface area contributed by atoms with E-state index in [-0.39, 0.29) is 12.5 Å². The third-order valence-corrected chi connectivity index (χ3v) is 3.45. The number of rotatable bonds is 7. The summed E-state index contributed by atoms with van der Waals surface area (Å²) >= 11 is 5.81. The number of hydrogen-bond acceptors (Lipinski definition) is 5. The monoisotopic (exact) mass is 350 g/mol. The summed E-state index contributed by atoms with van der Waals surface area (Å²) in [5.41, 5.74) is 1.05. The number of halogens is 1. The molecule has 0 aliphatic rings. The molecule has 1 heterocycles. The van der Waals surface area contributed by atoms with Crippen LogP contribution in [0.4, 0.5) is 5.69 Å². The molecule has 1 aromatic carbocycles. The van der Waals surface area contributed by atoms with E-state index in [0.717, 1.165) is 0 Å². The fourth-order valence-corrected chi connectivity index (χ4v) is 2.26. The molecule has 2 aromatic rings. The first-order valence-corrected chi connectivity index (χ1v) is 7.85. The molecule has 128 valence electrons. The van der Waals surface area contributed by atoms with Crippen molar-refractivity contribution < 1.29 is 18.7 Å². The molecule has 7 heteroatoms. The second kappa shape index (κ2) is 8.52. The average molecular weight is 351 g/mol. The lowest BCUT2D eigenvalue weighted by Gasteiger charge is -2.15. The van der Waals surface area contributed by atoms with Gasteiger partial charge in [-0.05, 0) is 44.3 Å². The zero-order valence-electron chi connectivity index (χ0n) is 13.5. The van der Waals surface area contributed by atoms with Crippen molar-refractivity contribution in [2.24, 2.45) is 0 Å². The van der Waals surface area contributed by atoms with Gasteiger partial charge in [-0.15, -0.1) is 0 Å². The summed E-state index contributed by atoms with van der Waals surface area (Å²) in [4.78, 5) is 25.6. The van der Waals surface area contributed by atoms with Crippen LogP contribution in [0.3, 0.4) is 0 Å². The van der Waals surface area contributed by atoms with Gasteiger partial charge in [-0.3, -0.25) is 9.69 Å². The molecule has 24 heavy (non-hydrogen) atoms. The molecule has 6 nitrogen and oxygen atoms in total. The van der Waals surface area contributed by atoms with Crippen LogP contribution in [0.15, 0.2) is 41.0 Å². The molecular formula is C17H19ClN2O4. The van der Waals surface area contributed by atoms with Crippen molar-refractivity contribution in [2.75, 3.05) is 25.5 Å². The van der Waals surface area contributed by atoms with Crippen LogP contribution in [-0.4, -0.2) is 37.0 Å². The van der Waals surface area contributed by atoms with Gasteiger partial charge in [0.05, 0.1) is 26.0 Å². The Morgan fingerprint density at radius 2 is 1.96 bits per heavy atom. The Balaban J connectivity index is 1.90. The summed E-state index contributed by atoms with van der Waals surface area (Å²) in [6.45, 7) is 2.49. The second-order valence-electron chi connectivity index (χ2n) is 5.21. The number of esters is 1. The number of likely N-dealkylation sites (N-methyl/N-ethyl adjacent to an activating group) is 1. The molecule has 0 unspecified atom stereocenters. The van der Waals surface area contributed by atoms with Gasteiger partial charge in [-0.2, -0.15) is 0 Å². The SMILES string of the molecule is CCOC(=O)c1ccoc1CN(C)CC(=O)Nc1ccc(Cl)cc1. The molecule has 0 bridgehead atoms. The van der Waals surface area contributed by atoms with Crippen molar-refractivity contribution >= 4 is 29.2 Å². The summed E-state index contributed by atoms with van der Waals surface area (Å²) in [5, 5.41) is 3.38. The lowest BCUT2D eigenvalue weighted by Crippen LogP contribution is -2.30. The molecule has 0 aliphatic heterocycles. The van der Waals surface area contributed by atoms with E-state index < -0.39 is 5.97 Å². The summed E-state index contributed by atoms with van der Waals surface area (Å²) in [6, 6.07) is 8.43.